The minimum Gasteiger partial charge on any atom is -0.543 e. The van der Waals surface area contributed by atoms with E-state index in [0.717, 1.165) is 21.8 Å². The molecular weight excluding hydrogens is 677 g/mol. The first-order chi connectivity index (χ1) is 23.5. The van der Waals surface area contributed by atoms with E-state index in [4.69, 9.17) is 5.73 Å². The van der Waals surface area contributed by atoms with Gasteiger partial charge in [0.2, 0.25) is 12.5 Å². The van der Waals surface area contributed by atoms with Crippen molar-refractivity contribution in [3.63, 3.8) is 0 Å². The van der Waals surface area contributed by atoms with Gasteiger partial charge in [0, 0.05) is 40.6 Å². The highest BCUT2D eigenvalue weighted by atomic mass is 32.2. The molecule has 252 valence electrons. The summed E-state index contributed by atoms with van der Waals surface area (Å²) < 4.78 is 1.68. The summed E-state index contributed by atoms with van der Waals surface area (Å²) in [5, 5.41) is 40.0. The summed E-state index contributed by atoms with van der Waals surface area (Å²) in [6, 6.07) is 8.58. The SMILES string of the molecule is Nc1nc(/C(=N/O)C(=O)N[C@@H]2C(=O)N3C(C(=O)[O-])=C(C=C4CCN(Cc5ccc[n+](CC(=O)Nc6ccc(O)cc6)c5)C4=O)CS[C@H]23)cs1. The number of thioether (sulfide) groups is 1. The van der Waals surface area contributed by atoms with Crippen molar-refractivity contribution in [3.05, 3.63) is 88.3 Å². The Morgan fingerprint density at radius 2 is 1.98 bits per heavy atom. The van der Waals surface area contributed by atoms with E-state index in [0.29, 0.717) is 24.2 Å². The third-order valence-electron chi connectivity index (χ3n) is 7.89. The van der Waals surface area contributed by atoms with Gasteiger partial charge in [-0.1, -0.05) is 5.16 Å². The van der Waals surface area contributed by atoms with E-state index in [9.17, 15) is 39.4 Å². The number of rotatable bonds is 10. The lowest BCUT2D eigenvalue weighted by Gasteiger charge is -2.50. The maximum absolute atomic E-state index is 13.4. The number of amides is 4. The number of carboxylic acids is 1. The molecule has 49 heavy (non-hydrogen) atoms. The summed E-state index contributed by atoms with van der Waals surface area (Å²) in [6.07, 6.45) is 5.31. The highest BCUT2D eigenvalue weighted by Gasteiger charge is 2.53. The van der Waals surface area contributed by atoms with Crippen molar-refractivity contribution in [1.29, 1.82) is 0 Å². The monoisotopic (exact) mass is 704 g/mol. The number of carbonyl (C=O) groups excluding carboxylic acids is 5. The molecule has 4 amide bonds. The molecule has 2 saturated heterocycles. The molecule has 16 nitrogen and oxygen atoms in total. The van der Waals surface area contributed by atoms with E-state index < -0.39 is 34.9 Å². The van der Waals surface area contributed by atoms with Crippen LogP contribution < -0.4 is 26.0 Å². The number of thiazole rings is 1. The number of allylic oxidation sites excluding steroid dienone is 1. The zero-order valence-electron chi connectivity index (χ0n) is 25.4. The number of nitrogens with two attached hydrogens (primary N) is 1. The predicted octanol–water partition coefficient (Wildman–Crippen LogP) is -0.702. The van der Waals surface area contributed by atoms with E-state index in [2.05, 4.69) is 20.8 Å². The zero-order chi connectivity index (χ0) is 34.8. The van der Waals surface area contributed by atoms with Crippen LogP contribution in [0.3, 0.4) is 0 Å². The second-order valence-corrected chi connectivity index (χ2v) is 13.2. The quantitative estimate of drug-likeness (QED) is 0.0337. The van der Waals surface area contributed by atoms with Gasteiger partial charge in [-0.05, 0) is 48.4 Å². The van der Waals surface area contributed by atoms with E-state index in [1.165, 1.54) is 35.4 Å². The van der Waals surface area contributed by atoms with Gasteiger partial charge in [-0.15, -0.1) is 23.1 Å². The third-order valence-corrected chi connectivity index (χ3v) is 9.87. The molecule has 0 spiro atoms. The number of nitrogens with zero attached hydrogens (tertiary/aromatic N) is 5. The van der Waals surface area contributed by atoms with Crippen molar-refractivity contribution in [2.24, 2.45) is 5.16 Å². The Kier molecular flexibility index (Phi) is 9.32. The van der Waals surface area contributed by atoms with Crippen LogP contribution >= 0.6 is 23.1 Å². The number of carboxylic acid groups (broad SMARTS) is 1. The summed E-state index contributed by atoms with van der Waals surface area (Å²) in [5.41, 5.74) is 6.69. The highest BCUT2D eigenvalue weighted by molar-refractivity contribution is 8.00. The van der Waals surface area contributed by atoms with Gasteiger partial charge in [0.1, 0.15) is 22.9 Å². The molecule has 0 saturated carbocycles. The zero-order valence-corrected chi connectivity index (χ0v) is 27.1. The van der Waals surface area contributed by atoms with Crippen molar-refractivity contribution in [2.45, 2.75) is 30.9 Å². The van der Waals surface area contributed by atoms with Gasteiger partial charge < -0.3 is 41.5 Å². The topological polar surface area (TPSA) is 235 Å². The molecule has 1 aromatic carbocycles. The molecule has 0 bridgehead atoms. The van der Waals surface area contributed by atoms with Crippen molar-refractivity contribution in [2.75, 3.05) is 23.3 Å². The van der Waals surface area contributed by atoms with E-state index in [1.54, 1.807) is 40.1 Å². The Balaban J connectivity index is 1.10. The molecule has 6 N–H and O–H groups in total. The second-order valence-electron chi connectivity index (χ2n) is 11.2. The number of aromatic nitrogens is 2. The molecule has 0 aliphatic carbocycles. The van der Waals surface area contributed by atoms with Gasteiger partial charge >= 0.3 is 0 Å². The Hall–Kier alpha value is -5.75. The van der Waals surface area contributed by atoms with Crippen LogP contribution in [-0.4, -0.2) is 84.1 Å². The summed E-state index contributed by atoms with van der Waals surface area (Å²) in [4.78, 5) is 70.6. The normalized spacial score (nSPS) is 19.9. The van der Waals surface area contributed by atoms with Gasteiger partial charge in [0.15, 0.2) is 23.2 Å². The van der Waals surface area contributed by atoms with Crippen LogP contribution in [-0.2, 0) is 37.1 Å². The number of β-lactam (4-membered cyclic amide) rings is 1. The molecule has 3 aliphatic rings. The van der Waals surface area contributed by atoms with Crippen molar-refractivity contribution < 1.29 is 44.0 Å². The smallest absolute Gasteiger partial charge is 0.290 e. The molecule has 0 unspecified atom stereocenters. The number of pyridine rings is 1. The fourth-order valence-corrected chi connectivity index (χ4v) is 7.48. The number of benzene rings is 1. The standard InChI is InChI=1S/C31H28N8O8S2/c32-31-34-21(15-49-31)23(36-47)26(42)35-24-28(44)39-25(30(45)46)18(14-48-29(24)39)10-17-7-9-38(27(17)43)12-16-2-1-8-37(11-16)13-22(41)33-19-3-5-20(40)6-4-19/h1-6,8,10-11,15,24,29H,7,9,12-14H2,(H6-,32,33,34,35,36,40,41,42,45,46,47)/t24-,29-/m1/s1. The van der Waals surface area contributed by atoms with Gasteiger partial charge in [-0.25, -0.2) is 4.98 Å². The van der Waals surface area contributed by atoms with Crippen LogP contribution in [0.5, 0.6) is 5.75 Å². The molecule has 0 radical (unpaired) electrons. The maximum Gasteiger partial charge on any atom is 0.290 e. The minimum absolute atomic E-state index is 0.0164. The van der Waals surface area contributed by atoms with E-state index >= 15 is 0 Å². The van der Waals surface area contributed by atoms with Crippen LogP contribution in [0, 0.1) is 0 Å². The molecule has 2 aromatic heterocycles. The minimum atomic E-state index is -1.60. The summed E-state index contributed by atoms with van der Waals surface area (Å²) in [5.74, 6) is -3.56. The number of hydrogen-bond acceptors (Lipinski definition) is 13. The highest BCUT2D eigenvalue weighted by Crippen LogP contribution is 2.41. The number of aromatic hydroxyl groups is 1. The average Bonchev–Trinajstić information content (AvgIpc) is 3.65. The summed E-state index contributed by atoms with van der Waals surface area (Å²) in [7, 11) is 0. The molecule has 3 aliphatic heterocycles. The first-order valence-electron chi connectivity index (χ1n) is 14.7. The van der Waals surface area contributed by atoms with Gasteiger partial charge in [0.25, 0.3) is 17.7 Å². The van der Waals surface area contributed by atoms with Crippen molar-refractivity contribution >= 4 is 69.2 Å². The van der Waals surface area contributed by atoms with Gasteiger partial charge in [-0.3, -0.25) is 24.1 Å². The number of aliphatic carboxylic acids is 1. The lowest BCUT2D eigenvalue weighted by atomic mass is 10.0. The lowest BCUT2D eigenvalue weighted by Crippen LogP contribution is -2.71. The summed E-state index contributed by atoms with van der Waals surface area (Å²) >= 11 is 2.23. The fourth-order valence-electron chi connectivity index (χ4n) is 5.62. The lowest BCUT2D eigenvalue weighted by molar-refractivity contribution is -0.684. The average molecular weight is 705 g/mol. The Morgan fingerprint density at radius 1 is 1.20 bits per heavy atom. The van der Waals surface area contributed by atoms with Crippen LogP contribution in [0.2, 0.25) is 0 Å². The second kappa shape index (κ2) is 13.8. The Labute approximate surface area is 286 Å². The number of phenolic OH excluding ortho intramolecular Hbond substituents is 1. The fraction of sp³-hybridized carbons (Fsp3) is 0.226. The number of likely N-dealkylation sites (tertiary alicyclic amines) is 1. The predicted molar refractivity (Wildman–Crippen MR) is 173 cm³/mol. The number of fused-ring (bicyclic) bond motifs is 1. The Bertz CT molecular complexity index is 1960. The maximum atomic E-state index is 13.4. The molecule has 2 atom stereocenters. The number of anilines is 2. The Morgan fingerprint density at radius 3 is 2.67 bits per heavy atom. The van der Waals surface area contributed by atoms with Crippen LogP contribution in [0.4, 0.5) is 10.8 Å². The number of carbonyl (C=O) groups is 5. The number of nitrogen functional groups attached to an aromatic ring is 1. The first-order valence-corrected chi connectivity index (χ1v) is 16.7. The van der Waals surface area contributed by atoms with Crippen LogP contribution in [0.25, 0.3) is 0 Å². The number of nitrogens with one attached hydrogen (secondary N) is 2. The third kappa shape index (κ3) is 6.95. The largest absolute Gasteiger partial charge is 0.543 e. The molecule has 2 fully saturated rings. The molecular formula is C31H28N8O8S2. The molecule has 18 heteroatoms. The van der Waals surface area contributed by atoms with Crippen molar-refractivity contribution in [1.82, 2.24) is 20.1 Å². The molecule has 6 rings (SSSR count). The van der Waals surface area contributed by atoms with E-state index in [1.807, 2.05) is 6.07 Å². The summed E-state index contributed by atoms with van der Waals surface area (Å²) in [6.45, 7) is 0.642. The molecule has 3 aromatic rings. The number of hydrogen-bond donors (Lipinski definition) is 5. The first kappa shape index (κ1) is 33.2. The van der Waals surface area contributed by atoms with Gasteiger partial charge in [-0.2, -0.15) is 4.57 Å². The van der Waals surface area contributed by atoms with Crippen LogP contribution in [0.15, 0.2) is 82.2 Å². The molecule has 5 heterocycles. The van der Waals surface area contributed by atoms with Crippen molar-refractivity contribution in [3.8, 4) is 5.75 Å². The van der Waals surface area contributed by atoms with E-state index in [-0.39, 0.29) is 58.5 Å². The van der Waals surface area contributed by atoms with Crippen LogP contribution in [0.1, 0.15) is 17.7 Å². The number of oxime groups is 1. The number of phenols is 1. The van der Waals surface area contributed by atoms with Gasteiger partial charge in [0.05, 0.1) is 18.2 Å².